The van der Waals surface area contributed by atoms with E-state index in [-0.39, 0.29) is 0 Å². The Morgan fingerprint density at radius 2 is 1.86 bits per heavy atom. The Labute approximate surface area is 124 Å². The molecule has 3 heterocycles. The van der Waals surface area contributed by atoms with Gasteiger partial charge >= 0.3 is 0 Å². The summed E-state index contributed by atoms with van der Waals surface area (Å²) in [6.07, 6.45) is 5.47. The quantitative estimate of drug-likeness (QED) is 0.488. The molecule has 2 aliphatic heterocycles. The normalized spacial score (nSPS) is 11.8. The topological polar surface area (TPSA) is 17.3 Å². The van der Waals surface area contributed by atoms with Crippen molar-refractivity contribution < 1.29 is 0 Å². The molecular formula is C19H18N2. The van der Waals surface area contributed by atoms with Gasteiger partial charge in [0, 0.05) is 23.3 Å². The van der Waals surface area contributed by atoms with Crippen LogP contribution in [0, 0.1) is 13.8 Å². The highest BCUT2D eigenvalue weighted by Crippen LogP contribution is 2.36. The number of nitrogens with zero attached hydrogens (tertiary/aromatic N) is 2. The van der Waals surface area contributed by atoms with Crippen molar-refractivity contribution in [1.29, 1.82) is 0 Å². The molecule has 104 valence electrons. The zero-order valence-electron chi connectivity index (χ0n) is 12.6. The number of hydrogen-bond acceptors (Lipinski definition) is 1. The first-order chi connectivity index (χ1) is 10.2. The Morgan fingerprint density at radius 1 is 1.05 bits per heavy atom. The summed E-state index contributed by atoms with van der Waals surface area (Å²) < 4.78 is 2.23. The van der Waals surface area contributed by atoms with Crippen molar-refractivity contribution in [3.63, 3.8) is 0 Å². The van der Waals surface area contributed by atoms with Crippen LogP contribution in [0.1, 0.15) is 23.6 Å². The van der Waals surface area contributed by atoms with Crippen LogP contribution in [0.5, 0.6) is 0 Å². The van der Waals surface area contributed by atoms with Crippen LogP contribution < -0.4 is 0 Å². The average molecular weight is 274 g/mol. The Kier molecular flexibility index (Phi) is 2.55. The smallest absolute Gasteiger partial charge is 0.0959 e. The molecule has 0 spiro atoms. The number of benzene rings is 1. The van der Waals surface area contributed by atoms with Gasteiger partial charge in [0.15, 0.2) is 0 Å². The van der Waals surface area contributed by atoms with Crippen molar-refractivity contribution >= 4 is 16.4 Å². The van der Waals surface area contributed by atoms with Crippen LogP contribution in [0.2, 0.25) is 0 Å². The van der Waals surface area contributed by atoms with Crippen molar-refractivity contribution in [2.45, 2.75) is 27.2 Å². The molecule has 0 fully saturated rings. The fraction of sp³-hybridized carbons (Fsp3) is 0.211. The summed E-state index contributed by atoms with van der Waals surface area (Å²) in [5, 5.41) is 1.24. The van der Waals surface area contributed by atoms with E-state index in [0.29, 0.717) is 0 Å². The summed E-state index contributed by atoms with van der Waals surface area (Å²) in [7, 11) is 0. The van der Waals surface area contributed by atoms with Gasteiger partial charge in [0.05, 0.1) is 16.7 Å². The lowest BCUT2D eigenvalue weighted by Gasteiger charge is -2.15. The molecule has 0 saturated carbocycles. The molecular weight excluding hydrogens is 256 g/mol. The monoisotopic (exact) mass is 274 g/mol. The molecule has 2 nitrogen and oxygen atoms in total. The van der Waals surface area contributed by atoms with Crippen LogP contribution in [-0.2, 0) is 6.42 Å². The van der Waals surface area contributed by atoms with E-state index in [4.69, 9.17) is 4.98 Å². The molecule has 0 radical (unpaired) electrons. The van der Waals surface area contributed by atoms with E-state index in [1.165, 1.54) is 33.2 Å². The lowest BCUT2D eigenvalue weighted by Crippen LogP contribution is -2.01. The molecule has 2 aliphatic rings. The van der Waals surface area contributed by atoms with Gasteiger partial charge in [0.1, 0.15) is 0 Å². The van der Waals surface area contributed by atoms with Gasteiger partial charge in [-0.3, -0.25) is 0 Å². The van der Waals surface area contributed by atoms with Crippen molar-refractivity contribution in [3.05, 3.63) is 59.4 Å². The Morgan fingerprint density at radius 3 is 2.67 bits per heavy atom. The van der Waals surface area contributed by atoms with E-state index >= 15 is 0 Å². The zero-order chi connectivity index (χ0) is 14.6. The van der Waals surface area contributed by atoms with Crippen LogP contribution in [0.25, 0.3) is 27.7 Å². The minimum absolute atomic E-state index is 1.06. The summed E-state index contributed by atoms with van der Waals surface area (Å²) in [6.45, 7) is 6.64. The van der Waals surface area contributed by atoms with E-state index in [0.717, 1.165) is 17.6 Å². The third-order valence-corrected chi connectivity index (χ3v) is 4.64. The maximum absolute atomic E-state index is 4.88. The number of pyridine rings is 2. The summed E-state index contributed by atoms with van der Waals surface area (Å²) in [5.41, 5.74) is 8.80. The summed E-state index contributed by atoms with van der Waals surface area (Å²) in [4.78, 5) is 4.88. The van der Waals surface area contributed by atoms with Gasteiger partial charge in [-0.1, -0.05) is 25.1 Å². The number of aryl methyl sites for hydroxylation is 2. The van der Waals surface area contributed by atoms with Gasteiger partial charge in [-0.2, -0.15) is 0 Å². The van der Waals surface area contributed by atoms with Gasteiger partial charge in [-0.15, -0.1) is 0 Å². The standard InChI is InChI=1S/C19H18N2/c1-4-14-11-21-10-9-16-15-7-5-6-8-17(15)20-18(16)19(21)13(3)12(14)2/h5-11H,4H2,1-3H3. The van der Waals surface area contributed by atoms with Crippen molar-refractivity contribution in [3.8, 4) is 11.3 Å². The van der Waals surface area contributed by atoms with E-state index in [1.807, 2.05) is 0 Å². The van der Waals surface area contributed by atoms with Gasteiger partial charge in [0.25, 0.3) is 0 Å². The maximum atomic E-state index is 4.88. The highest BCUT2D eigenvalue weighted by Gasteiger charge is 2.17. The third kappa shape index (κ3) is 1.62. The van der Waals surface area contributed by atoms with Crippen LogP contribution >= 0.6 is 0 Å². The zero-order valence-corrected chi connectivity index (χ0v) is 12.6. The first-order valence-electron chi connectivity index (χ1n) is 7.49. The maximum Gasteiger partial charge on any atom is 0.0959 e. The van der Waals surface area contributed by atoms with Crippen LogP contribution in [0.15, 0.2) is 42.7 Å². The molecule has 4 rings (SSSR count). The summed E-state index contributed by atoms with van der Waals surface area (Å²) in [6, 6.07) is 10.6. The molecule has 0 N–H and O–H groups in total. The molecule has 0 bridgehead atoms. The predicted octanol–water partition coefficient (Wildman–Crippen LogP) is 4.77. The molecule has 1 aromatic carbocycles. The van der Waals surface area contributed by atoms with Crippen molar-refractivity contribution in [1.82, 2.24) is 9.38 Å². The first-order valence-corrected chi connectivity index (χ1v) is 7.49. The molecule has 0 atom stereocenters. The Bertz CT molecular complexity index is 947. The van der Waals surface area contributed by atoms with E-state index in [9.17, 15) is 0 Å². The molecule has 21 heavy (non-hydrogen) atoms. The molecule has 1 aromatic heterocycles. The van der Waals surface area contributed by atoms with E-state index < -0.39 is 0 Å². The second kappa shape index (κ2) is 4.32. The van der Waals surface area contributed by atoms with Crippen molar-refractivity contribution in [2.24, 2.45) is 0 Å². The van der Waals surface area contributed by atoms with E-state index in [2.05, 4.69) is 67.9 Å². The average Bonchev–Trinajstić information content (AvgIpc) is 2.88. The lowest BCUT2D eigenvalue weighted by molar-refractivity contribution is 1.02. The SMILES string of the molecule is CCc1cn2ccc3c4ccccc4nc-3c2c(C)c1C. The highest BCUT2D eigenvalue weighted by atomic mass is 14.9. The van der Waals surface area contributed by atoms with Crippen LogP contribution in [0.3, 0.4) is 0 Å². The largest absolute Gasteiger partial charge is 0.321 e. The van der Waals surface area contributed by atoms with E-state index in [1.54, 1.807) is 0 Å². The molecule has 2 aromatic rings. The van der Waals surface area contributed by atoms with Gasteiger partial charge in [-0.25, -0.2) is 4.98 Å². The Balaban J connectivity index is 2.21. The molecule has 0 saturated heterocycles. The predicted molar refractivity (Wildman–Crippen MR) is 88.2 cm³/mol. The fourth-order valence-electron chi connectivity index (χ4n) is 3.33. The van der Waals surface area contributed by atoms with Gasteiger partial charge in [0.2, 0.25) is 0 Å². The summed E-state index contributed by atoms with van der Waals surface area (Å²) in [5.74, 6) is 0. The van der Waals surface area contributed by atoms with Crippen molar-refractivity contribution in [2.75, 3.05) is 0 Å². The minimum Gasteiger partial charge on any atom is -0.321 e. The Hall–Kier alpha value is -2.35. The van der Waals surface area contributed by atoms with Gasteiger partial charge in [-0.05, 0) is 49.1 Å². The molecule has 2 heteroatoms. The second-order valence-corrected chi connectivity index (χ2v) is 5.72. The molecule has 0 unspecified atom stereocenters. The first kappa shape index (κ1) is 12.4. The number of rotatable bonds is 1. The minimum atomic E-state index is 1.06. The van der Waals surface area contributed by atoms with Crippen LogP contribution in [-0.4, -0.2) is 9.38 Å². The van der Waals surface area contributed by atoms with Crippen LogP contribution in [0.4, 0.5) is 0 Å². The summed E-state index contributed by atoms with van der Waals surface area (Å²) >= 11 is 0. The highest BCUT2D eigenvalue weighted by molar-refractivity contribution is 6.02. The second-order valence-electron chi connectivity index (χ2n) is 5.72. The number of para-hydroxylation sites is 1. The third-order valence-electron chi connectivity index (χ3n) is 4.64. The number of hydrogen-bond donors (Lipinski definition) is 0. The fourth-order valence-corrected chi connectivity index (χ4v) is 3.33. The lowest BCUT2D eigenvalue weighted by atomic mass is 9.99. The van der Waals surface area contributed by atoms with Gasteiger partial charge < -0.3 is 4.40 Å². The number of fused-ring (bicyclic) bond motifs is 5. The number of aromatic nitrogens is 2. The molecule has 0 aliphatic carbocycles. The molecule has 0 amide bonds.